The summed E-state index contributed by atoms with van der Waals surface area (Å²) in [5.41, 5.74) is 1.09. The van der Waals surface area contributed by atoms with Gasteiger partial charge in [-0.05, 0) is 0 Å². The molecule has 1 fully saturated rings. The van der Waals surface area contributed by atoms with Gasteiger partial charge in [0.1, 0.15) is 0 Å². The summed E-state index contributed by atoms with van der Waals surface area (Å²) < 4.78 is 24.7. The van der Waals surface area contributed by atoms with Crippen LogP contribution in [0.4, 0.5) is 0 Å². The third-order valence-electron chi connectivity index (χ3n) is 3.93. The predicted molar refractivity (Wildman–Crippen MR) is 89.5 cm³/mol. The van der Waals surface area contributed by atoms with Gasteiger partial charge in [-0.15, -0.1) is 0 Å². The summed E-state index contributed by atoms with van der Waals surface area (Å²) in [5, 5.41) is 8.92. The fourth-order valence-electron chi connectivity index (χ4n) is 2.64. The lowest BCUT2D eigenvalue weighted by Gasteiger charge is -2.25. The van der Waals surface area contributed by atoms with Crippen molar-refractivity contribution in [1.29, 1.82) is 0 Å². The zero-order valence-electron chi connectivity index (χ0n) is 12.5. The number of sulfone groups is 1. The molecule has 0 aromatic carbocycles. The van der Waals surface area contributed by atoms with E-state index < -0.39 is 9.84 Å². The van der Waals surface area contributed by atoms with Crippen molar-refractivity contribution in [1.82, 2.24) is 20.0 Å². The Balaban J connectivity index is 1.42. The lowest BCUT2D eigenvalue weighted by atomic mass is 10.3. The summed E-state index contributed by atoms with van der Waals surface area (Å²) in [7, 11) is -2.99. The van der Waals surface area contributed by atoms with E-state index in [0.29, 0.717) is 6.54 Å². The maximum Gasteiger partial charge on any atom is 0.173 e. The Kier molecular flexibility index (Phi) is 5.22. The van der Waals surface area contributed by atoms with E-state index in [4.69, 9.17) is 0 Å². The summed E-state index contributed by atoms with van der Waals surface area (Å²) >= 11 is 2.02. The topological polar surface area (TPSA) is 67.2 Å². The number of nitrogens with zero attached hydrogens (tertiary/aromatic N) is 3. The fourth-order valence-corrected chi connectivity index (χ4v) is 4.89. The Morgan fingerprint density at radius 1 is 1.32 bits per heavy atom. The van der Waals surface area contributed by atoms with Crippen molar-refractivity contribution < 1.29 is 8.42 Å². The molecule has 0 spiro atoms. The van der Waals surface area contributed by atoms with Crippen molar-refractivity contribution in [3.63, 3.8) is 0 Å². The monoisotopic (exact) mass is 342 g/mol. The summed E-state index contributed by atoms with van der Waals surface area (Å²) in [5.74, 6) is 2.62. The molecule has 8 heteroatoms. The quantitative estimate of drug-likeness (QED) is 0.804. The van der Waals surface area contributed by atoms with E-state index in [0.717, 1.165) is 18.7 Å². The Morgan fingerprint density at radius 2 is 2.14 bits per heavy atom. The lowest BCUT2D eigenvalue weighted by Crippen LogP contribution is -2.35. The highest BCUT2D eigenvalue weighted by Gasteiger charge is 2.21. The third kappa shape index (κ3) is 4.58. The van der Waals surface area contributed by atoms with Crippen LogP contribution in [-0.4, -0.2) is 66.0 Å². The molecule has 0 radical (unpaired) electrons. The molecular weight excluding hydrogens is 320 g/mol. The highest BCUT2D eigenvalue weighted by atomic mass is 32.2. The van der Waals surface area contributed by atoms with Gasteiger partial charge in [-0.2, -0.15) is 16.9 Å². The SMILES string of the molecule is O=S1(=O)C=C[C@H](NCc2cnn(CCN3CCSCC3)c2)C1. The van der Waals surface area contributed by atoms with Crippen molar-refractivity contribution >= 4 is 21.6 Å². The van der Waals surface area contributed by atoms with Crippen molar-refractivity contribution in [2.24, 2.45) is 0 Å². The molecule has 1 aromatic heterocycles. The lowest BCUT2D eigenvalue weighted by molar-refractivity contribution is 0.284. The summed E-state index contributed by atoms with van der Waals surface area (Å²) in [6.45, 7) is 4.93. The molecule has 0 amide bonds. The van der Waals surface area contributed by atoms with Crippen LogP contribution in [0.15, 0.2) is 23.9 Å². The van der Waals surface area contributed by atoms with Gasteiger partial charge in [0.2, 0.25) is 0 Å². The van der Waals surface area contributed by atoms with Crippen LogP contribution in [-0.2, 0) is 22.9 Å². The molecule has 22 heavy (non-hydrogen) atoms. The molecule has 0 aliphatic carbocycles. The minimum Gasteiger partial charge on any atom is -0.305 e. The summed E-state index contributed by atoms with van der Waals surface area (Å²) in [6.07, 6.45) is 5.61. The van der Waals surface area contributed by atoms with Crippen molar-refractivity contribution in [3.8, 4) is 0 Å². The molecule has 3 rings (SSSR count). The molecular formula is C14H22N4O2S2. The molecule has 2 aliphatic rings. The van der Waals surface area contributed by atoms with Gasteiger partial charge >= 0.3 is 0 Å². The maximum absolute atomic E-state index is 11.3. The van der Waals surface area contributed by atoms with E-state index in [1.165, 1.54) is 30.0 Å². The van der Waals surface area contributed by atoms with Gasteiger partial charge < -0.3 is 5.32 Å². The number of nitrogens with one attached hydrogen (secondary N) is 1. The largest absolute Gasteiger partial charge is 0.305 e. The molecule has 1 aromatic rings. The van der Waals surface area contributed by atoms with Gasteiger partial charge in [0.05, 0.1) is 18.5 Å². The highest BCUT2D eigenvalue weighted by molar-refractivity contribution is 7.99. The third-order valence-corrected chi connectivity index (χ3v) is 6.27. The predicted octanol–water partition coefficient (Wildman–Crippen LogP) is 0.332. The van der Waals surface area contributed by atoms with Crippen LogP contribution in [0.1, 0.15) is 5.56 Å². The van der Waals surface area contributed by atoms with Crippen molar-refractivity contribution in [2.45, 2.75) is 19.1 Å². The smallest absolute Gasteiger partial charge is 0.173 e. The van der Waals surface area contributed by atoms with Crippen LogP contribution in [0.5, 0.6) is 0 Å². The molecule has 6 nitrogen and oxygen atoms in total. The van der Waals surface area contributed by atoms with E-state index >= 15 is 0 Å². The first-order chi connectivity index (χ1) is 10.6. The molecule has 3 heterocycles. The Bertz CT molecular complexity index is 621. The zero-order valence-corrected chi connectivity index (χ0v) is 14.2. The molecule has 0 saturated carbocycles. The molecule has 1 saturated heterocycles. The minimum absolute atomic E-state index is 0.0841. The van der Waals surface area contributed by atoms with Gasteiger partial charge in [-0.1, -0.05) is 6.08 Å². The average molecular weight is 342 g/mol. The maximum atomic E-state index is 11.3. The van der Waals surface area contributed by atoms with Crippen LogP contribution in [0.3, 0.4) is 0 Å². The molecule has 0 unspecified atom stereocenters. The second kappa shape index (κ2) is 7.16. The number of hydrogen-bond donors (Lipinski definition) is 1. The summed E-state index contributed by atoms with van der Waals surface area (Å²) in [6, 6.07) is -0.0841. The minimum atomic E-state index is -2.99. The van der Waals surface area contributed by atoms with E-state index in [-0.39, 0.29) is 11.8 Å². The molecule has 1 N–H and O–H groups in total. The number of rotatable bonds is 6. The molecule has 122 valence electrons. The van der Waals surface area contributed by atoms with Crippen LogP contribution in [0.2, 0.25) is 0 Å². The van der Waals surface area contributed by atoms with Crippen LogP contribution in [0.25, 0.3) is 0 Å². The van der Waals surface area contributed by atoms with Gasteiger partial charge in [-0.3, -0.25) is 9.58 Å². The fraction of sp³-hybridized carbons (Fsp3) is 0.643. The van der Waals surface area contributed by atoms with E-state index in [2.05, 4.69) is 15.3 Å². The van der Waals surface area contributed by atoms with Gasteiger partial charge in [-0.25, -0.2) is 8.42 Å². The number of aromatic nitrogens is 2. The molecule has 0 bridgehead atoms. The standard InChI is InChI=1S/C14H22N4O2S2/c19-22(20)8-1-14(12-22)15-9-13-10-16-18(11-13)3-2-17-4-6-21-7-5-17/h1,8,10-11,14-15H,2-7,9,12H2/t14-/m0/s1. The van der Waals surface area contributed by atoms with Gasteiger partial charge in [0.15, 0.2) is 9.84 Å². The van der Waals surface area contributed by atoms with E-state index in [9.17, 15) is 8.42 Å². The molecule has 1 atom stereocenters. The number of thioether (sulfide) groups is 1. The zero-order chi connectivity index (χ0) is 15.4. The van der Waals surface area contributed by atoms with Gasteiger partial charge in [0.25, 0.3) is 0 Å². The first-order valence-electron chi connectivity index (χ1n) is 7.56. The van der Waals surface area contributed by atoms with Crippen LogP contribution >= 0.6 is 11.8 Å². The Hall–Kier alpha value is -0.830. The van der Waals surface area contributed by atoms with E-state index in [1.54, 1.807) is 6.08 Å². The molecule has 2 aliphatic heterocycles. The average Bonchev–Trinajstić information content (AvgIpc) is 3.10. The highest BCUT2D eigenvalue weighted by Crippen LogP contribution is 2.10. The number of hydrogen-bond acceptors (Lipinski definition) is 6. The van der Waals surface area contributed by atoms with Crippen LogP contribution in [0, 0.1) is 0 Å². The second-order valence-electron chi connectivity index (χ2n) is 5.71. The van der Waals surface area contributed by atoms with Crippen molar-refractivity contribution in [2.75, 3.05) is 36.9 Å². The van der Waals surface area contributed by atoms with E-state index in [1.807, 2.05) is 28.8 Å². The second-order valence-corrected chi connectivity index (χ2v) is 8.87. The normalized spacial score (nSPS) is 24.8. The van der Waals surface area contributed by atoms with Crippen molar-refractivity contribution in [3.05, 3.63) is 29.4 Å². The van der Waals surface area contributed by atoms with Crippen LogP contribution < -0.4 is 5.32 Å². The first kappa shape index (κ1) is 16.0. The first-order valence-corrected chi connectivity index (χ1v) is 10.4. The Morgan fingerprint density at radius 3 is 2.86 bits per heavy atom. The Labute approximate surface area is 135 Å². The van der Waals surface area contributed by atoms with Gasteiger partial charge in [0, 0.05) is 60.9 Å². The summed E-state index contributed by atoms with van der Waals surface area (Å²) in [4.78, 5) is 2.48.